The van der Waals surface area contributed by atoms with Gasteiger partial charge in [0.1, 0.15) is 24.3 Å². The van der Waals surface area contributed by atoms with Crippen LogP contribution in [0.2, 0.25) is 0 Å². The van der Waals surface area contributed by atoms with Gasteiger partial charge in [0.2, 0.25) is 0 Å². The molecular weight excluding hydrogens is 466 g/mol. The van der Waals surface area contributed by atoms with Crippen LogP contribution in [0, 0.1) is 18.8 Å². The van der Waals surface area contributed by atoms with E-state index in [9.17, 15) is 27.5 Å². The summed E-state index contributed by atoms with van der Waals surface area (Å²) in [6.45, 7) is -0.148. The first kappa shape index (κ1) is 23.5. The Labute approximate surface area is 198 Å². The average Bonchev–Trinajstić information content (AvgIpc) is 3.22. The zero-order chi connectivity index (χ0) is 25.1. The van der Waals surface area contributed by atoms with E-state index >= 15 is 0 Å². The molecule has 2 bridgehead atoms. The van der Waals surface area contributed by atoms with Crippen molar-refractivity contribution in [1.29, 1.82) is 0 Å². The number of aryl methyl sites for hydroxylation is 1. The lowest BCUT2D eigenvalue weighted by atomic mass is 9.83. The standard InChI is InChI=1S/C24H25F4N5O2/c1-12-29-18-9-15(20(34)10-16(18)23(35)33(12)11-24(26,27)28)17-5-6-21(31-30-17)32(2)19-8-13-3-4-14(7-13)22(19)25/h5-6,9-10,13-14,19,22,34H,3-4,7-8,11H2,1-2H3/t13-,14+,19+,22-/m1/s1. The summed E-state index contributed by atoms with van der Waals surface area (Å²) in [6.07, 6.45) is -1.78. The molecule has 7 nitrogen and oxygen atoms in total. The summed E-state index contributed by atoms with van der Waals surface area (Å²) in [7, 11) is 1.80. The van der Waals surface area contributed by atoms with Gasteiger partial charge in [-0.3, -0.25) is 9.36 Å². The van der Waals surface area contributed by atoms with Crippen molar-refractivity contribution in [2.45, 2.75) is 57.5 Å². The number of aromatic nitrogens is 4. The Bertz CT molecular complexity index is 1320. The first-order valence-corrected chi connectivity index (χ1v) is 11.5. The first-order valence-electron chi connectivity index (χ1n) is 11.5. The lowest BCUT2D eigenvalue weighted by Crippen LogP contribution is -2.46. The molecule has 0 spiro atoms. The molecule has 35 heavy (non-hydrogen) atoms. The summed E-state index contributed by atoms with van der Waals surface area (Å²) in [6, 6.07) is 5.55. The third-order valence-corrected chi connectivity index (χ3v) is 7.36. The van der Waals surface area contributed by atoms with E-state index in [1.54, 1.807) is 19.2 Å². The number of fused-ring (bicyclic) bond motifs is 3. The van der Waals surface area contributed by atoms with E-state index in [-0.39, 0.29) is 40.0 Å². The van der Waals surface area contributed by atoms with Gasteiger partial charge in [-0.15, -0.1) is 10.2 Å². The van der Waals surface area contributed by atoms with Crippen LogP contribution in [0.5, 0.6) is 5.75 Å². The lowest BCUT2D eigenvalue weighted by molar-refractivity contribution is -0.141. The number of phenols is 1. The van der Waals surface area contributed by atoms with Gasteiger partial charge in [-0.05, 0) is 68.7 Å². The smallest absolute Gasteiger partial charge is 0.406 e. The van der Waals surface area contributed by atoms with Crippen molar-refractivity contribution >= 4 is 16.7 Å². The summed E-state index contributed by atoms with van der Waals surface area (Å²) < 4.78 is 54.1. The fourth-order valence-corrected chi connectivity index (χ4v) is 5.54. The number of anilines is 1. The number of hydrogen-bond donors (Lipinski definition) is 1. The average molecular weight is 491 g/mol. The fraction of sp³-hybridized carbons (Fsp3) is 0.500. The number of alkyl halides is 4. The van der Waals surface area contributed by atoms with Crippen molar-refractivity contribution in [1.82, 2.24) is 19.7 Å². The Kier molecular flexibility index (Phi) is 5.68. The van der Waals surface area contributed by atoms with Crippen molar-refractivity contribution in [3.63, 3.8) is 0 Å². The lowest BCUT2D eigenvalue weighted by Gasteiger charge is -2.38. The molecule has 1 aromatic carbocycles. The molecule has 11 heteroatoms. The maximum absolute atomic E-state index is 15.0. The number of nitrogens with zero attached hydrogens (tertiary/aromatic N) is 5. The maximum Gasteiger partial charge on any atom is 0.406 e. The summed E-state index contributed by atoms with van der Waals surface area (Å²) in [5.74, 6) is 0.716. The van der Waals surface area contributed by atoms with E-state index in [0.29, 0.717) is 22.0 Å². The molecule has 4 atom stereocenters. The van der Waals surface area contributed by atoms with Crippen LogP contribution >= 0.6 is 0 Å². The molecule has 2 heterocycles. The molecule has 2 fully saturated rings. The van der Waals surface area contributed by atoms with Crippen LogP contribution in [0.1, 0.15) is 31.5 Å². The molecule has 2 aliphatic rings. The van der Waals surface area contributed by atoms with E-state index in [2.05, 4.69) is 15.2 Å². The first-order chi connectivity index (χ1) is 16.5. The molecule has 0 saturated heterocycles. The molecule has 0 unspecified atom stereocenters. The van der Waals surface area contributed by atoms with Crippen molar-refractivity contribution in [2.75, 3.05) is 11.9 Å². The van der Waals surface area contributed by atoms with Crippen LogP contribution in [0.3, 0.4) is 0 Å². The molecule has 0 amide bonds. The summed E-state index contributed by atoms with van der Waals surface area (Å²) in [5, 5.41) is 18.8. The van der Waals surface area contributed by atoms with Gasteiger partial charge in [0.25, 0.3) is 5.56 Å². The van der Waals surface area contributed by atoms with Gasteiger partial charge >= 0.3 is 6.18 Å². The van der Waals surface area contributed by atoms with Crippen LogP contribution in [0.15, 0.2) is 29.1 Å². The van der Waals surface area contributed by atoms with Gasteiger partial charge in [-0.25, -0.2) is 9.37 Å². The summed E-state index contributed by atoms with van der Waals surface area (Å²) in [5.41, 5.74) is -0.226. The maximum atomic E-state index is 15.0. The van der Waals surface area contributed by atoms with Crippen LogP contribution in [-0.2, 0) is 6.54 Å². The van der Waals surface area contributed by atoms with E-state index < -0.39 is 24.5 Å². The molecule has 2 saturated carbocycles. The minimum atomic E-state index is -4.59. The van der Waals surface area contributed by atoms with E-state index in [1.165, 1.54) is 13.0 Å². The molecule has 186 valence electrons. The SMILES string of the molecule is Cc1nc2cc(-c3ccc(N(C)[C@H]4C[C@@H]5CC[C@@H](C5)[C@H]4F)nn3)c(O)cc2c(=O)n1CC(F)(F)F. The van der Waals surface area contributed by atoms with Crippen LogP contribution in [-0.4, -0.2) is 50.3 Å². The highest BCUT2D eigenvalue weighted by molar-refractivity contribution is 5.86. The zero-order valence-corrected chi connectivity index (χ0v) is 19.3. The van der Waals surface area contributed by atoms with Gasteiger partial charge in [-0.2, -0.15) is 13.2 Å². The Hall–Kier alpha value is -3.24. The minimum absolute atomic E-state index is 0.0956. The number of rotatable bonds is 4. The van der Waals surface area contributed by atoms with Crippen molar-refractivity contribution < 1.29 is 22.7 Å². The van der Waals surface area contributed by atoms with Crippen molar-refractivity contribution in [3.8, 4) is 17.0 Å². The van der Waals surface area contributed by atoms with Gasteiger partial charge < -0.3 is 10.0 Å². The summed E-state index contributed by atoms with van der Waals surface area (Å²) >= 11 is 0. The third-order valence-electron chi connectivity index (χ3n) is 7.36. The van der Waals surface area contributed by atoms with Gasteiger partial charge in [0.05, 0.1) is 22.6 Å². The van der Waals surface area contributed by atoms with Crippen LogP contribution in [0.25, 0.3) is 22.2 Å². The molecule has 0 aliphatic heterocycles. The Morgan fingerprint density at radius 2 is 1.94 bits per heavy atom. The van der Waals surface area contributed by atoms with E-state index in [1.807, 2.05) is 4.90 Å². The Morgan fingerprint density at radius 1 is 1.17 bits per heavy atom. The number of halogens is 4. The largest absolute Gasteiger partial charge is 0.507 e. The molecule has 0 radical (unpaired) electrons. The van der Waals surface area contributed by atoms with Crippen molar-refractivity contribution in [2.24, 2.45) is 11.8 Å². The molecule has 1 N–H and O–H groups in total. The monoisotopic (exact) mass is 491 g/mol. The third kappa shape index (κ3) is 4.32. The van der Waals surface area contributed by atoms with E-state index in [4.69, 9.17) is 0 Å². The number of phenolic OH excluding ortho intramolecular Hbond substituents is 1. The molecule has 2 aliphatic carbocycles. The zero-order valence-electron chi connectivity index (χ0n) is 19.3. The highest BCUT2D eigenvalue weighted by atomic mass is 19.4. The Morgan fingerprint density at radius 3 is 2.63 bits per heavy atom. The highest BCUT2D eigenvalue weighted by Gasteiger charge is 2.44. The quantitative estimate of drug-likeness (QED) is 0.545. The minimum Gasteiger partial charge on any atom is -0.507 e. The van der Waals surface area contributed by atoms with Crippen LogP contribution < -0.4 is 10.5 Å². The molecule has 2 aromatic heterocycles. The Balaban J connectivity index is 1.45. The topological polar surface area (TPSA) is 84.1 Å². The van der Waals surface area contributed by atoms with Gasteiger partial charge in [0.15, 0.2) is 5.82 Å². The van der Waals surface area contributed by atoms with Crippen molar-refractivity contribution in [3.05, 3.63) is 40.4 Å². The second-order valence-electron chi connectivity index (χ2n) is 9.63. The van der Waals surface area contributed by atoms with E-state index in [0.717, 1.165) is 31.7 Å². The number of hydrogen-bond acceptors (Lipinski definition) is 6. The molecular formula is C24H25F4N5O2. The fourth-order valence-electron chi connectivity index (χ4n) is 5.54. The van der Waals surface area contributed by atoms with Crippen LogP contribution in [0.4, 0.5) is 23.4 Å². The van der Waals surface area contributed by atoms with Gasteiger partial charge in [-0.1, -0.05) is 0 Å². The normalized spacial score (nSPS) is 24.2. The second-order valence-corrected chi connectivity index (χ2v) is 9.63. The number of benzene rings is 1. The highest BCUT2D eigenvalue weighted by Crippen LogP contribution is 2.45. The summed E-state index contributed by atoms with van der Waals surface area (Å²) in [4.78, 5) is 18.6. The molecule has 3 aromatic rings. The predicted molar refractivity (Wildman–Crippen MR) is 122 cm³/mol. The van der Waals surface area contributed by atoms with Gasteiger partial charge in [0, 0.05) is 12.6 Å². The number of aromatic hydroxyl groups is 1. The molecule has 5 rings (SSSR count). The predicted octanol–water partition coefficient (Wildman–Crippen LogP) is 4.39. The second kappa shape index (κ2) is 8.46.